The molecule has 1 saturated heterocycles. The van der Waals surface area contributed by atoms with Gasteiger partial charge in [0, 0.05) is 18.7 Å². The van der Waals surface area contributed by atoms with Crippen molar-refractivity contribution in [2.45, 2.75) is 18.9 Å². The normalized spacial score (nSPS) is 18.0. The third-order valence-corrected chi connectivity index (χ3v) is 2.95. The van der Waals surface area contributed by atoms with E-state index in [1.807, 2.05) is 0 Å². The van der Waals surface area contributed by atoms with E-state index >= 15 is 0 Å². The Hall–Kier alpha value is -1.49. The highest BCUT2D eigenvalue weighted by molar-refractivity contribution is 5.93. The van der Waals surface area contributed by atoms with Crippen molar-refractivity contribution in [3.63, 3.8) is 0 Å². The lowest BCUT2D eigenvalue weighted by Gasteiger charge is -2.29. The van der Waals surface area contributed by atoms with Crippen molar-refractivity contribution in [1.82, 2.24) is 10.2 Å². The molecule has 0 bridgehead atoms. The van der Waals surface area contributed by atoms with Gasteiger partial charge in [-0.2, -0.15) is 5.12 Å². The standard InChI is InChI=1S/C12H14F2N2O/c13-15-8-6-11(7-9-15)16(14)12(17)10-4-2-1-3-5-10/h1-5,11H,6-9H2. The minimum Gasteiger partial charge on any atom is -0.266 e. The maximum Gasteiger partial charge on any atom is 0.281 e. The summed E-state index contributed by atoms with van der Waals surface area (Å²) in [7, 11) is 0. The Labute approximate surface area is 98.5 Å². The summed E-state index contributed by atoms with van der Waals surface area (Å²) in [6.45, 7) is 0.348. The molecule has 0 radical (unpaired) electrons. The van der Waals surface area contributed by atoms with Gasteiger partial charge in [-0.3, -0.25) is 4.79 Å². The van der Waals surface area contributed by atoms with Crippen molar-refractivity contribution < 1.29 is 13.8 Å². The Bertz CT molecular complexity index is 377. The van der Waals surface area contributed by atoms with Crippen LogP contribution in [-0.4, -0.2) is 35.3 Å². The minimum atomic E-state index is -0.650. The molecule has 1 amide bonds. The molecule has 2 rings (SSSR count). The van der Waals surface area contributed by atoms with Crippen LogP contribution in [0, 0.1) is 0 Å². The summed E-state index contributed by atoms with van der Waals surface area (Å²) in [4.78, 5) is 11.8. The van der Waals surface area contributed by atoms with Crippen molar-refractivity contribution in [3.8, 4) is 0 Å². The summed E-state index contributed by atoms with van der Waals surface area (Å²) in [5.41, 5.74) is 0.317. The lowest BCUT2D eigenvalue weighted by Crippen LogP contribution is -2.41. The average molecular weight is 240 g/mol. The molecule has 0 aromatic heterocycles. The predicted octanol–water partition coefficient (Wildman–Crippen LogP) is 2.36. The molecule has 0 N–H and O–H groups in total. The molecular weight excluding hydrogens is 226 g/mol. The zero-order chi connectivity index (χ0) is 12.3. The van der Waals surface area contributed by atoms with Crippen LogP contribution in [0.4, 0.5) is 8.96 Å². The van der Waals surface area contributed by atoms with Crippen molar-refractivity contribution in [2.75, 3.05) is 13.1 Å². The molecule has 17 heavy (non-hydrogen) atoms. The van der Waals surface area contributed by atoms with Gasteiger partial charge in [-0.05, 0) is 25.0 Å². The van der Waals surface area contributed by atoms with E-state index in [4.69, 9.17) is 0 Å². The molecule has 3 nitrogen and oxygen atoms in total. The Morgan fingerprint density at radius 3 is 2.41 bits per heavy atom. The van der Waals surface area contributed by atoms with Gasteiger partial charge in [-0.1, -0.05) is 22.7 Å². The van der Waals surface area contributed by atoms with Crippen LogP contribution in [-0.2, 0) is 0 Å². The van der Waals surface area contributed by atoms with Crippen LogP contribution in [0.5, 0.6) is 0 Å². The smallest absolute Gasteiger partial charge is 0.266 e. The highest BCUT2D eigenvalue weighted by Gasteiger charge is 2.28. The first-order chi connectivity index (χ1) is 8.18. The molecular formula is C12H14F2N2O. The highest BCUT2D eigenvalue weighted by atomic mass is 19.2. The molecule has 0 saturated carbocycles. The fraction of sp³-hybridized carbons (Fsp3) is 0.417. The van der Waals surface area contributed by atoms with E-state index in [0.29, 0.717) is 23.5 Å². The Kier molecular flexibility index (Phi) is 3.68. The van der Waals surface area contributed by atoms with Crippen molar-refractivity contribution >= 4 is 5.91 Å². The monoisotopic (exact) mass is 240 g/mol. The molecule has 92 valence electrons. The first kappa shape index (κ1) is 12.0. The van der Waals surface area contributed by atoms with E-state index in [1.54, 1.807) is 30.3 Å². The van der Waals surface area contributed by atoms with Crippen LogP contribution in [0.25, 0.3) is 0 Å². The lowest BCUT2D eigenvalue weighted by atomic mass is 10.1. The predicted molar refractivity (Wildman–Crippen MR) is 59.4 cm³/mol. The maximum atomic E-state index is 13.8. The molecule has 5 heteroatoms. The summed E-state index contributed by atoms with van der Waals surface area (Å²) < 4.78 is 26.6. The van der Waals surface area contributed by atoms with E-state index in [1.165, 1.54) is 0 Å². The van der Waals surface area contributed by atoms with Gasteiger partial charge in [0.05, 0.1) is 6.04 Å². The summed E-state index contributed by atoms with van der Waals surface area (Å²) in [5.74, 6) is -0.650. The minimum absolute atomic E-state index is 0.174. The average Bonchev–Trinajstić information content (AvgIpc) is 2.39. The molecule has 1 aromatic carbocycles. The van der Waals surface area contributed by atoms with E-state index in [9.17, 15) is 13.8 Å². The van der Waals surface area contributed by atoms with Crippen LogP contribution in [0.1, 0.15) is 23.2 Å². The van der Waals surface area contributed by atoms with Crippen LogP contribution in [0.15, 0.2) is 30.3 Å². The molecule has 0 spiro atoms. The van der Waals surface area contributed by atoms with Crippen molar-refractivity contribution in [3.05, 3.63) is 35.9 Å². The number of hydrogen-bond donors (Lipinski definition) is 0. The number of piperidine rings is 1. The topological polar surface area (TPSA) is 23.6 Å². The zero-order valence-electron chi connectivity index (χ0n) is 9.35. The van der Waals surface area contributed by atoms with E-state index in [2.05, 4.69) is 0 Å². The number of amides is 1. The molecule has 1 heterocycles. The third-order valence-electron chi connectivity index (χ3n) is 2.95. The molecule has 0 aliphatic carbocycles. The number of halogens is 2. The van der Waals surface area contributed by atoms with E-state index in [0.717, 1.165) is 0 Å². The first-order valence-electron chi connectivity index (χ1n) is 5.63. The molecule has 1 fully saturated rings. The van der Waals surface area contributed by atoms with Gasteiger partial charge in [0.2, 0.25) is 0 Å². The number of carbonyl (C=O) groups is 1. The second-order valence-electron chi connectivity index (χ2n) is 4.12. The number of carbonyl (C=O) groups excluding carboxylic acids is 1. The van der Waals surface area contributed by atoms with Crippen LogP contribution < -0.4 is 0 Å². The molecule has 1 aromatic rings. The van der Waals surface area contributed by atoms with Gasteiger partial charge in [0.15, 0.2) is 0 Å². The molecule has 1 aliphatic heterocycles. The summed E-state index contributed by atoms with van der Waals surface area (Å²) in [5, 5.41) is 0.889. The molecule has 1 aliphatic rings. The lowest BCUT2D eigenvalue weighted by molar-refractivity contribution is -0.0598. The second-order valence-corrected chi connectivity index (χ2v) is 4.12. The first-order valence-corrected chi connectivity index (χ1v) is 5.63. The van der Waals surface area contributed by atoms with Gasteiger partial charge in [0.25, 0.3) is 5.91 Å². The van der Waals surface area contributed by atoms with Crippen molar-refractivity contribution in [1.29, 1.82) is 0 Å². The quantitative estimate of drug-likeness (QED) is 0.741. The van der Waals surface area contributed by atoms with Gasteiger partial charge in [-0.25, -0.2) is 0 Å². The maximum absolute atomic E-state index is 13.8. The van der Waals surface area contributed by atoms with E-state index < -0.39 is 11.9 Å². The summed E-state index contributed by atoms with van der Waals surface area (Å²) >= 11 is 0. The number of nitrogens with zero attached hydrogens (tertiary/aromatic N) is 2. The Morgan fingerprint density at radius 2 is 1.82 bits per heavy atom. The van der Waals surface area contributed by atoms with E-state index in [-0.39, 0.29) is 18.2 Å². The fourth-order valence-electron chi connectivity index (χ4n) is 1.93. The molecule has 0 unspecified atom stereocenters. The van der Waals surface area contributed by atoms with Crippen molar-refractivity contribution in [2.24, 2.45) is 0 Å². The Morgan fingerprint density at radius 1 is 1.24 bits per heavy atom. The summed E-state index contributed by atoms with van der Waals surface area (Å²) in [6.07, 6.45) is 0.650. The Balaban J connectivity index is 2.00. The van der Waals surface area contributed by atoms with Gasteiger partial charge >= 0.3 is 0 Å². The fourth-order valence-corrected chi connectivity index (χ4v) is 1.93. The van der Waals surface area contributed by atoms with Crippen LogP contribution in [0.3, 0.4) is 0 Å². The third kappa shape index (κ3) is 2.79. The van der Waals surface area contributed by atoms with Gasteiger partial charge in [0.1, 0.15) is 0 Å². The number of rotatable bonds is 2. The second kappa shape index (κ2) is 5.23. The largest absolute Gasteiger partial charge is 0.281 e. The van der Waals surface area contributed by atoms with Gasteiger partial charge in [-0.15, -0.1) is 9.60 Å². The highest BCUT2D eigenvalue weighted by Crippen LogP contribution is 2.19. The zero-order valence-corrected chi connectivity index (χ0v) is 9.35. The SMILES string of the molecule is O=C(c1ccccc1)N(F)C1CCN(F)CC1. The number of benzene rings is 1. The van der Waals surface area contributed by atoms with Gasteiger partial charge < -0.3 is 0 Å². The summed E-state index contributed by atoms with van der Waals surface area (Å²) in [6, 6.07) is 7.75. The molecule has 0 atom stereocenters. The van der Waals surface area contributed by atoms with Crippen LogP contribution in [0.2, 0.25) is 0 Å². The number of hydrogen-bond acceptors (Lipinski definition) is 2. The van der Waals surface area contributed by atoms with Crippen LogP contribution >= 0.6 is 0 Å².